The lowest BCUT2D eigenvalue weighted by atomic mass is 9.95. The number of methoxy groups -OCH3 is 1. The van der Waals surface area contributed by atoms with Gasteiger partial charge in [-0.15, -0.1) is 0 Å². The molecule has 180 valence electrons. The highest BCUT2D eigenvalue weighted by Gasteiger charge is 2.46. The topological polar surface area (TPSA) is 79.3 Å². The van der Waals surface area contributed by atoms with Gasteiger partial charge in [-0.1, -0.05) is 23.7 Å². The quantitative estimate of drug-likeness (QED) is 0.364. The number of hydrogen-bond donors (Lipinski definition) is 1. The molecule has 2 aliphatic heterocycles. The molecule has 9 heteroatoms. The van der Waals surface area contributed by atoms with Crippen molar-refractivity contribution in [3.63, 3.8) is 0 Å². The summed E-state index contributed by atoms with van der Waals surface area (Å²) in [5, 5.41) is 11.4. The predicted molar refractivity (Wildman–Crippen MR) is 125 cm³/mol. The molecule has 7 nitrogen and oxygen atoms in total. The van der Waals surface area contributed by atoms with E-state index in [9.17, 15) is 19.1 Å². The summed E-state index contributed by atoms with van der Waals surface area (Å²) in [5.74, 6) is -2.00. The largest absolute Gasteiger partial charge is 0.507 e. The summed E-state index contributed by atoms with van der Waals surface area (Å²) in [6.07, 6.45) is 0.618. The number of aliphatic hydroxyl groups excluding tert-OH is 1. The number of hydrogen-bond acceptors (Lipinski definition) is 6. The van der Waals surface area contributed by atoms with E-state index in [4.69, 9.17) is 21.1 Å². The second kappa shape index (κ2) is 10.5. The highest BCUT2D eigenvalue weighted by atomic mass is 35.5. The van der Waals surface area contributed by atoms with E-state index in [-0.39, 0.29) is 28.5 Å². The number of rotatable bonds is 7. The number of ketones is 1. The first-order valence-corrected chi connectivity index (χ1v) is 11.5. The molecule has 0 saturated carbocycles. The van der Waals surface area contributed by atoms with Gasteiger partial charge in [0.25, 0.3) is 11.7 Å². The van der Waals surface area contributed by atoms with E-state index in [2.05, 4.69) is 4.90 Å². The Kier molecular flexibility index (Phi) is 7.50. The van der Waals surface area contributed by atoms with E-state index in [1.54, 1.807) is 18.2 Å². The lowest BCUT2D eigenvalue weighted by Crippen LogP contribution is -2.39. The van der Waals surface area contributed by atoms with Gasteiger partial charge in [-0.2, -0.15) is 0 Å². The second-order valence-electron chi connectivity index (χ2n) is 8.20. The Balaban J connectivity index is 1.69. The Bertz CT molecular complexity index is 1120. The number of carbonyl (C=O) groups is 2. The highest BCUT2D eigenvalue weighted by molar-refractivity contribution is 6.46. The predicted octanol–water partition coefficient (Wildman–Crippen LogP) is 3.63. The first-order valence-electron chi connectivity index (χ1n) is 11.1. The van der Waals surface area contributed by atoms with Crippen LogP contribution in [0.1, 0.15) is 23.6 Å². The number of benzene rings is 2. The monoisotopic (exact) mass is 488 g/mol. The van der Waals surface area contributed by atoms with Crippen LogP contribution >= 0.6 is 11.6 Å². The van der Waals surface area contributed by atoms with E-state index in [1.807, 2.05) is 0 Å². The van der Waals surface area contributed by atoms with E-state index >= 15 is 0 Å². The van der Waals surface area contributed by atoms with E-state index in [1.165, 1.54) is 36.3 Å². The molecule has 0 spiro atoms. The number of Topliss-reactive ketones (excluding diaryl/α,β-unsaturated/α-hetero) is 1. The molecule has 2 aromatic rings. The van der Waals surface area contributed by atoms with Gasteiger partial charge in [-0.25, -0.2) is 4.39 Å². The van der Waals surface area contributed by atoms with Crippen LogP contribution in [0.4, 0.5) is 4.39 Å². The maximum Gasteiger partial charge on any atom is 0.295 e. The number of morpholine rings is 1. The maximum absolute atomic E-state index is 14.1. The summed E-state index contributed by atoms with van der Waals surface area (Å²) in [4.78, 5) is 29.8. The van der Waals surface area contributed by atoms with Gasteiger partial charge in [0.15, 0.2) is 0 Å². The number of aliphatic hydroxyl groups is 1. The number of amides is 1. The summed E-state index contributed by atoms with van der Waals surface area (Å²) < 4.78 is 24.6. The van der Waals surface area contributed by atoms with Crippen molar-refractivity contribution in [3.05, 3.63) is 70.0 Å². The minimum atomic E-state index is -0.915. The Morgan fingerprint density at radius 3 is 2.62 bits per heavy atom. The van der Waals surface area contributed by atoms with Gasteiger partial charge >= 0.3 is 0 Å². The average Bonchev–Trinajstić information content (AvgIpc) is 3.09. The van der Waals surface area contributed by atoms with Crippen LogP contribution in [0.3, 0.4) is 0 Å². The fraction of sp³-hybridized carbons (Fsp3) is 0.360. The molecule has 2 aliphatic rings. The van der Waals surface area contributed by atoms with Gasteiger partial charge in [0, 0.05) is 31.7 Å². The zero-order chi connectivity index (χ0) is 24.2. The molecule has 2 saturated heterocycles. The molecule has 2 fully saturated rings. The minimum absolute atomic E-state index is 0.0943. The number of likely N-dealkylation sites (tertiary alicyclic amines) is 1. The number of carbonyl (C=O) groups excluding carboxylic acids is 2. The molecule has 1 unspecified atom stereocenters. The summed E-state index contributed by atoms with van der Waals surface area (Å²) >= 11 is 6.21. The van der Waals surface area contributed by atoms with Gasteiger partial charge < -0.3 is 19.5 Å². The Hall–Kier alpha value is -2.94. The summed E-state index contributed by atoms with van der Waals surface area (Å²) in [6, 6.07) is 9.38. The lowest BCUT2D eigenvalue weighted by Gasteiger charge is -2.29. The van der Waals surface area contributed by atoms with Crippen molar-refractivity contribution in [1.82, 2.24) is 9.80 Å². The number of halogens is 2. The van der Waals surface area contributed by atoms with Gasteiger partial charge in [0.05, 0.1) is 37.0 Å². The van der Waals surface area contributed by atoms with Gasteiger partial charge in [0.2, 0.25) is 0 Å². The molecule has 0 radical (unpaired) electrons. The normalized spacial score (nSPS) is 20.7. The van der Waals surface area contributed by atoms with Crippen molar-refractivity contribution in [2.24, 2.45) is 0 Å². The SMILES string of the molecule is COc1ccc(/C(O)=C2\C(=O)C(=O)N(CCCN3CCOCC3)C2c2cccc(F)c2)cc1Cl. The van der Waals surface area contributed by atoms with Crippen LogP contribution in [0.2, 0.25) is 5.02 Å². The van der Waals surface area contributed by atoms with Crippen molar-refractivity contribution < 1.29 is 28.6 Å². The standard InChI is InChI=1S/C25H26ClFN2O5/c1-33-20-7-6-17(15-19(20)26)23(30)21-22(16-4-2-5-18(27)14-16)29(25(32)24(21)31)9-3-8-28-10-12-34-13-11-28/h2,4-7,14-15,22,30H,3,8-13H2,1H3/b23-21+. The zero-order valence-corrected chi connectivity index (χ0v) is 19.6. The average molecular weight is 489 g/mol. The van der Waals surface area contributed by atoms with Crippen LogP contribution in [-0.2, 0) is 14.3 Å². The van der Waals surface area contributed by atoms with Crippen LogP contribution < -0.4 is 4.74 Å². The van der Waals surface area contributed by atoms with Gasteiger partial charge in [0.1, 0.15) is 17.3 Å². The molecule has 0 aliphatic carbocycles. The van der Waals surface area contributed by atoms with E-state index in [0.29, 0.717) is 30.9 Å². The van der Waals surface area contributed by atoms with Crippen molar-refractivity contribution in [1.29, 1.82) is 0 Å². The molecule has 0 aromatic heterocycles. The Labute approximate surface area is 202 Å². The zero-order valence-electron chi connectivity index (χ0n) is 18.8. The summed E-state index contributed by atoms with van der Waals surface area (Å²) in [6.45, 7) is 3.96. The molecule has 2 heterocycles. The van der Waals surface area contributed by atoms with E-state index in [0.717, 1.165) is 19.6 Å². The fourth-order valence-electron chi connectivity index (χ4n) is 4.39. The number of ether oxygens (including phenoxy) is 2. The molecular weight excluding hydrogens is 463 g/mol. The number of nitrogens with zero attached hydrogens (tertiary/aromatic N) is 2. The van der Waals surface area contributed by atoms with Gasteiger partial charge in [-0.05, 0) is 42.3 Å². The summed E-state index contributed by atoms with van der Waals surface area (Å²) in [5.41, 5.74) is 0.577. The third kappa shape index (κ3) is 4.94. The van der Waals surface area contributed by atoms with Crippen LogP contribution in [0.15, 0.2) is 48.0 Å². The van der Waals surface area contributed by atoms with E-state index < -0.39 is 23.5 Å². The molecule has 4 rings (SSSR count). The third-order valence-electron chi connectivity index (χ3n) is 6.11. The lowest BCUT2D eigenvalue weighted by molar-refractivity contribution is -0.140. The molecule has 1 N–H and O–H groups in total. The third-order valence-corrected chi connectivity index (χ3v) is 6.40. The maximum atomic E-state index is 14.1. The first-order chi connectivity index (χ1) is 16.4. The van der Waals surface area contributed by atoms with Crippen molar-refractivity contribution in [2.75, 3.05) is 46.5 Å². The van der Waals surface area contributed by atoms with Crippen LogP contribution in [0.25, 0.3) is 5.76 Å². The fourth-order valence-corrected chi connectivity index (χ4v) is 4.65. The smallest absolute Gasteiger partial charge is 0.295 e. The van der Waals surface area contributed by atoms with Crippen LogP contribution in [-0.4, -0.2) is 73.1 Å². The molecule has 1 amide bonds. The van der Waals surface area contributed by atoms with Crippen LogP contribution in [0, 0.1) is 5.82 Å². The molecule has 1 atom stereocenters. The first kappa shape index (κ1) is 24.2. The van der Waals surface area contributed by atoms with Gasteiger partial charge in [-0.3, -0.25) is 14.5 Å². The second-order valence-corrected chi connectivity index (χ2v) is 8.61. The Morgan fingerprint density at radius 1 is 1.18 bits per heavy atom. The Morgan fingerprint density at radius 2 is 1.94 bits per heavy atom. The molecule has 2 aromatic carbocycles. The highest BCUT2D eigenvalue weighted by Crippen LogP contribution is 2.40. The molecular formula is C25H26ClFN2O5. The molecule has 0 bridgehead atoms. The summed E-state index contributed by atoms with van der Waals surface area (Å²) in [7, 11) is 1.47. The van der Waals surface area contributed by atoms with Crippen molar-refractivity contribution in [3.8, 4) is 5.75 Å². The van der Waals surface area contributed by atoms with Crippen molar-refractivity contribution in [2.45, 2.75) is 12.5 Å². The molecule has 34 heavy (non-hydrogen) atoms. The van der Waals surface area contributed by atoms with Crippen LogP contribution in [0.5, 0.6) is 5.75 Å². The van der Waals surface area contributed by atoms with Crippen molar-refractivity contribution >= 4 is 29.1 Å². The minimum Gasteiger partial charge on any atom is -0.507 e.